The van der Waals surface area contributed by atoms with Gasteiger partial charge in [-0.1, -0.05) is 16.8 Å². The van der Waals surface area contributed by atoms with E-state index in [0.29, 0.717) is 24.2 Å². The van der Waals surface area contributed by atoms with Crippen LogP contribution in [0.1, 0.15) is 30.5 Å². The smallest absolute Gasteiger partial charge is 0.229 e. The second-order valence-corrected chi connectivity index (χ2v) is 6.88. The molecule has 0 unspecified atom stereocenters. The van der Waals surface area contributed by atoms with Crippen molar-refractivity contribution >= 4 is 47.2 Å². The highest BCUT2D eigenvalue weighted by Crippen LogP contribution is 2.38. The van der Waals surface area contributed by atoms with Crippen molar-refractivity contribution in [3.63, 3.8) is 0 Å². The molecule has 7 nitrogen and oxygen atoms in total. The Morgan fingerprint density at radius 1 is 1.19 bits per heavy atom. The molecule has 0 amide bonds. The normalized spacial score (nSPS) is 18.0. The van der Waals surface area contributed by atoms with Crippen LogP contribution in [0.2, 0.25) is 5.02 Å². The van der Waals surface area contributed by atoms with Gasteiger partial charge in [-0.3, -0.25) is 0 Å². The largest absolute Gasteiger partial charge is 0.370 e. The standard InChI is InChI=1S/C17H21ClN6O.HI/c18-13-3-5-14(6-4-13)23-7-9-24(10-8-23)17(19)20-11-15-21-16(25-22-15)12-1-2-12;/h3-6,12H,1-2,7-11H2,(H2,19,20);1H. The maximum Gasteiger partial charge on any atom is 0.229 e. The minimum Gasteiger partial charge on any atom is -0.370 e. The van der Waals surface area contributed by atoms with Crippen LogP contribution >= 0.6 is 35.6 Å². The number of hydrogen-bond acceptors (Lipinski definition) is 5. The molecule has 2 heterocycles. The lowest BCUT2D eigenvalue weighted by atomic mass is 10.2. The third-order valence-electron chi connectivity index (χ3n) is 4.59. The number of nitrogens with two attached hydrogens (primary N) is 1. The fourth-order valence-corrected chi connectivity index (χ4v) is 3.05. The van der Waals surface area contributed by atoms with Crippen molar-refractivity contribution in [1.82, 2.24) is 15.0 Å². The van der Waals surface area contributed by atoms with Gasteiger partial charge in [0.25, 0.3) is 0 Å². The number of rotatable bonds is 4. The Labute approximate surface area is 174 Å². The SMILES string of the molecule is I.NC(=NCc1noc(C2CC2)n1)N1CCN(c2ccc(Cl)cc2)CC1. The van der Waals surface area contributed by atoms with E-state index in [-0.39, 0.29) is 24.0 Å². The van der Waals surface area contributed by atoms with Crippen molar-refractivity contribution in [3.8, 4) is 0 Å². The maximum absolute atomic E-state index is 6.13. The first-order valence-electron chi connectivity index (χ1n) is 8.57. The summed E-state index contributed by atoms with van der Waals surface area (Å²) in [4.78, 5) is 13.2. The molecule has 1 aliphatic heterocycles. The molecule has 2 fully saturated rings. The molecule has 1 aromatic carbocycles. The molecule has 1 saturated heterocycles. The Hall–Kier alpha value is -1.55. The van der Waals surface area contributed by atoms with E-state index in [0.717, 1.165) is 49.9 Å². The van der Waals surface area contributed by atoms with E-state index < -0.39 is 0 Å². The van der Waals surface area contributed by atoms with Crippen LogP contribution < -0.4 is 10.6 Å². The lowest BCUT2D eigenvalue weighted by Gasteiger charge is -2.36. The van der Waals surface area contributed by atoms with E-state index in [1.165, 1.54) is 5.69 Å². The van der Waals surface area contributed by atoms with Gasteiger partial charge in [0.15, 0.2) is 11.8 Å². The van der Waals surface area contributed by atoms with E-state index in [2.05, 4.69) is 24.9 Å². The number of anilines is 1. The number of aromatic nitrogens is 2. The number of hydrogen-bond donors (Lipinski definition) is 1. The summed E-state index contributed by atoms with van der Waals surface area (Å²) in [5.74, 6) is 2.34. The Morgan fingerprint density at radius 2 is 1.88 bits per heavy atom. The zero-order valence-electron chi connectivity index (χ0n) is 14.3. The van der Waals surface area contributed by atoms with Gasteiger partial charge in [-0.2, -0.15) is 4.98 Å². The third-order valence-corrected chi connectivity index (χ3v) is 4.84. The first-order valence-corrected chi connectivity index (χ1v) is 8.95. The summed E-state index contributed by atoms with van der Waals surface area (Å²) in [6.45, 7) is 3.81. The highest BCUT2D eigenvalue weighted by molar-refractivity contribution is 14.0. The first-order chi connectivity index (χ1) is 12.2. The molecule has 4 rings (SSSR count). The maximum atomic E-state index is 6.13. The Bertz CT molecular complexity index is 753. The minimum absolute atomic E-state index is 0. The second-order valence-electron chi connectivity index (χ2n) is 6.45. The number of benzene rings is 1. The van der Waals surface area contributed by atoms with Crippen LogP contribution in [0, 0.1) is 0 Å². The van der Waals surface area contributed by atoms with E-state index >= 15 is 0 Å². The monoisotopic (exact) mass is 488 g/mol. The van der Waals surface area contributed by atoms with Crippen molar-refractivity contribution in [3.05, 3.63) is 41.0 Å². The summed E-state index contributed by atoms with van der Waals surface area (Å²) in [6.07, 6.45) is 2.29. The predicted molar refractivity (Wildman–Crippen MR) is 112 cm³/mol. The topological polar surface area (TPSA) is 83.8 Å². The molecule has 1 saturated carbocycles. The molecule has 0 spiro atoms. The minimum atomic E-state index is 0. The van der Waals surface area contributed by atoms with Crippen LogP contribution in [0.5, 0.6) is 0 Å². The molecular weight excluding hydrogens is 467 g/mol. The first kappa shape index (κ1) is 19.2. The van der Waals surface area contributed by atoms with Crippen LogP contribution in [0.3, 0.4) is 0 Å². The second kappa shape index (κ2) is 8.43. The van der Waals surface area contributed by atoms with Crippen LogP contribution in [0.15, 0.2) is 33.8 Å². The molecule has 2 aromatic rings. The molecule has 26 heavy (non-hydrogen) atoms. The van der Waals surface area contributed by atoms with Gasteiger partial charge < -0.3 is 20.1 Å². The summed E-state index contributed by atoms with van der Waals surface area (Å²) in [7, 11) is 0. The Morgan fingerprint density at radius 3 is 2.54 bits per heavy atom. The van der Waals surface area contributed by atoms with Crippen LogP contribution in [0.25, 0.3) is 0 Å². The number of piperazine rings is 1. The molecule has 140 valence electrons. The summed E-state index contributed by atoms with van der Waals surface area (Å²) in [5.41, 5.74) is 7.31. The van der Waals surface area contributed by atoms with Crippen LogP contribution in [-0.4, -0.2) is 47.2 Å². The zero-order chi connectivity index (χ0) is 17.2. The molecule has 1 aliphatic carbocycles. The van der Waals surface area contributed by atoms with Crippen molar-refractivity contribution in [2.24, 2.45) is 10.7 Å². The van der Waals surface area contributed by atoms with Gasteiger partial charge in [0.05, 0.1) is 0 Å². The highest BCUT2D eigenvalue weighted by Gasteiger charge is 2.29. The summed E-state index contributed by atoms with van der Waals surface area (Å²) >= 11 is 5.95. The molecule has 2 aliphatic rings. The quantitative estimate of drug-likeness (QED) is 0.405. The van der Waals surface area contributed by atoms with Crippen molar-refractivity contribution in [1.29, 1.82) is 0 Å². The van der Waals surface area contributed by atoms with Crippen molar-refractivity contribution < 1.29 is 4.52 Å². The average Bonchev–Trinajstić information content (AvgIpc) is 3.39. The number of guanidine groups is 1. The lowest BCUT2D eigenvalue weighted by Crippen LogP contribution is -2.51. The number of aliphatic imine (C=N–C) groups is 1. The number of halogens is 2. The average molecular weight is 489 g/mol. The lowest BCUT2D eigenvalue weighted by molar-refractivity contribution is 0.372. The summed E-state index contributed by atoms with van der Waals surface area (Å²) in [5, 5.41) is 4.72. The number of nitrogens with zero attached hydrogens (tertiary/aromatic N) is 5. The summed E-state index contributed by atoms with van der Waals surface area (Å²) in [6, 6.07) is 7.92. The van der Waals surface area contributed by atoms with Gasteiger partial charge in [-0.15, -0.1) is 24.0 Å². The molecule has 9 heteroatoms. The predicted octanol–water partition coefficient (Wildman–Crippen LogP) is 2.86. The molecule has 0 radical (unpaired) electrons. The molecule has 2 N–H and O–H groups in total. The molecule has 0 bridgehead atoms. The Balaban J connectivity index is 0.00000196. The fourth-order valence-electron chi connectivity index (χ4n) is 2.93. The van der Waals surface area contributed by atoms with E-state index in [4.69, 9.17) is 21.9 Å². The zero-order valence-corrected chi connectivity index (χ0v) is 17.4. The van der Waals surface area contributed by atoms with Gasteiger partial charge in [-0.25, -0.2) is 4.99 Å². The van der Waals surface area contributed by atoms with E-state index in [9.17, 15) is 0 Å². The Kier molecular flexibility index (Phi) is 6.23. The van der Waals surface area contributed by atoms with E-state index in [1.54, 1.807) is 0 Å². The fraction of sp³-hybridized carbons (Fsp3) is 0.471. The van der Waals surface area contributed by atoms with Crippen molar-refractivity contribution in [2.75, 3.05) is 31.1 Å². The van der Waals surface area contributed by atoms with Crippen LogP contribution in [0.4, 0.5) is 5.69 Å². The van der Waals surface area contributed by atoms with E-state index in [1.807, 2.05) is 24.3 Å². The molecule has 0 atom stereocenters. The van der Waals surface area contributed by atoms with Gasteiger partial charge in [0.2, 0.25) is 5.89 Å². The van der Waals surface area contributed by atoms with Gasteiger partial charge in [0, 0.05) is 42.8 Å². The van der Waals surface area contributed by atoms with Gasteiger partial charge in [0.1, 0.15) is 6.54 Å². The molecule has 1 aromatic heterocycles. The summed E-state index contributed by atoms with van der Waals surface area (Å²) < 4.78 is 5.24. The van der Waals surface area contributed by atoms with Gasteiger partial charge >= 0.3 is 0 Å². The van der Waals surface area contributed by atoms with Crippen molar-refractivity contribution in [2.45, 2.75) is 25.3 Å². The highest BCUT2D eigenvalue weighted by atomic mass is 127. The molecular formula is C17H22ClIN6O. The van der Waals surface area contributed by atoms with Gasteiger partial charge in [-0.05, 0) is 37.1 Å². The third kappa shape index (κ3) is 4.59. The van der Waals surface area contributed by atoms with Crippen LogP contribution in [-0.2, 0) is 6.54 Å².